The average molecular weight is 279 g/mol. The highest BCUT2D eigenvalue weighted by molar-refractivity contribution is 7.85. The third kappa shape index (κ3) is 3.26. The van der Waals surface area contributed by atoms with E-state index in [2.05, 4.69) is 38.2 Å². The van der Waals surface area contributed by atoms with Crippen LogP contribution >= 0.6 is 0 Å². The van der Waals surface area contributed by atoms with Gasteiger partial charge in [-0.2, -0.15) is 0 Å². The zero-order valence-corrected chi connectivity index (χ0v) is 13.2. The van der Waals surface area contributed by atoms with Gasteiger partial charge in [0.15, 0.2) is 0 Å². The van der Waals surface area contributed by atoms with Crippen molar-refractivity contribution in [2.75, 3.05) is 7.05 Å². The van der Waals surface area contributed by atoms with Crippen molar-refractivity contribution >= 4 is 10.8 Å². The summed E-state index contributed by atoms with van der Waals surface area (Å²) < 4.78 is 12.8. The summed E-state index contributed by atoms with van der Waals surface area (Å²) in [5, 5.41) is 3.60. The smallest absolute Gasteiger partial charge is 0.0576 e. The molecule has 19 heavy (non-hydrogen) atoms. The minimum atomic E-state index is -0.902. The maximum Gasteiger partial charge on any atom is 0.0576 e. The number of benzene rings is 1. The van der Waals surface area contributed by atoms with Gasteiger partial charge in [0.05, 0.1) is 16.0 Å². The second-order valence-electron chi connectivity index (χ2n) is 5.90. The Morgan fingerprint density at radius 1 is 1.21 bits per heavy atom. The molecule has 0 aliphatic heterocycles. The molecule has 2 rings (SSSR count). The fourth-order valence-electron chi connectivity index (χ4n) is 2.91. The van der Waals surface area contributed by atoms with E-state index < -0.39 is 10.8 Å². The van der Waals surface area contributed by atoms with Crippen LogP contribution in [0.5, 0.6) is 0 Å². The quantitative estimate of drug-likeness (QED) is 0.920. The van der Waals surface area contributed by atoms with Crippen LogP contribution in [0, 0.1) is 19.8 Å². The highest BCUT2D eigenvalue weighted by Gasteiger charge is 2.32. The lowest BCUT2D eigenvalue weighted by Crippen LogP contribution is -2.44. The third-order valence-electron chi connectivity index (χ3n) is 4.41. The molecule has 1 aromatic rings. The predicted octanol–water partition coefficient (Wildman–Crippen LogP) is 3.19. The maximum atomic E-state index is 12.8. The molecule has 1 saturated carbocycles. The first-order valence-corrected chi connectivity index (χ1v) is 8.39. The largest absolute Gasteiger partial charge is 0.316 e. The molecule has 1 aromatic carbocycles. The Hall–Kier alpha value is -0.670. The zero-order valence-electron chi connectivity index (χ0n) is 12.4. The summed E-state index contributed by atoms with van der Waals surface area (Å²) in [5.41, 5.74) is 2.50. The van der Waals surface area contributed by atoms with Crippen LogP contribution in [0.4, 0.5) is 0 Å². The van der Waals surface area contributed by atoms with Gasteiger partial charge >= 0.3 is 0 Å². The first-order chi connectivity index (χ1) is 9.02. The summed E-state index contributed by atoms with van der Waals surface area (Å²) in [5.74, 6) is 0.685. The zero-order chi connectivity index (χ0) is 14.0. The minimum absolute atomic E-state index is 0.246. The Kier molecular flexibility index (Phi) is 4.80. The monoisotopic (exact) mass is 279 g/mol. The first-order valence-electron chi connectivity index (χ1n) is 7.18. The average Bonchev–Trinajstić information content (AvgIpc) is 2.41. The van der Waals surface area contributed by atoms with Crippen LogP contribution in [0.1, 0.15) is 37.3 Å². The van der Waals surface area contributed by atoms with Crippen molar-refractivity contribution in [1.82, 2.24) is 5.32 Å². The lowest BCUT2D eigenvalue weighted by Gasteiger charge is -2.34. The maximum absolute atomic E-state index is 12.8. The number of rotatable bonds is 3. The Labute approximate surface area is 119 Å². The van der Waals surface area contributed by atoms with Gasteiger partial charge in [0.25, 0.3) is 0 Å². The lowest BCUT2D eigenvalue weighted by atomic mass is 9.87. The molecular weight excluding hydrogens is 254 g/mol. The van der Waals surface area contributed by atoms with Crippen molar-refractivity contribution in [3.8, 4) is 0 Å². The fourth-order valence-corrected chi connectivity index (χ4v) is 4.83. The Bertz CT molecular complexity index is 472. The molecule has 1 aliphatic carbocycles. The molecular formula is C16H25NOS. The molecule has 106 valence electrons. The number of aryl methyl sites for hydroxylation is 2. The van der Waals surface area contributed by atoms with E-state index in [9.17, 15) is 4.21 Å². The number of nitrogens with one attached hydrogen (secondary N) is 1. The van der Waals surface area contributed by atoms with Gasteiger partial charge in [0.1, 0.15) is 0 Å². The van der Waals surface area contributed by atoms with Crippen molar-refractivity contribution < 1.29 is 4.21 Å². The van der Waals surface area contributed by atoms with Crippen molar-refractivity contribution in [2.24, 2.45) is 5.92 Å². The van der Waals surface area contributed by atoms with Gasteiger partial charge in [0.2, 0.25) is 0 Å². The van der Waals surface area contributed by atoms with Gasteiger partial charge in [-0.3, -0.25) is 4.21 Å². The lowest BCUT2D eigenvalue weighted by molar-refractivity contribution is 0.325. The van der Waals surface area contributed by atoms with Gasteiger partial charge in [-0.25, -0.2) is 0 Å². The molecule has 1 fully saturated rings. The molecule has 0 aromatic heterocycles. The van der Waals surface area contributed by atoms with Crippen LogP contribution in [-0.2, 0) is 10.8 Å². The van der Waals surface area contributed by atoms with Crippen LogP contribution < -0.4 is 5.32 Å². The molecule has 4 atom stereocenters. The summed E-state index contributed by atoms with van der Waals surface area (Å²) in [4.78, 5) is 0.988. The SMILES string of the molecule is CNC1CCC(C)CC1S(=O)c1ccc(C)c(C)c1. The Morgan fingerprint density at radius 2 is 1.95 bits per heavy atom. The van der Waals surface area contributed by atoms with Crippen LogP contribution in [-0.4, -0.2) is 22.5 Å². The highest BCUT2D eigenvalue weighted by atomic mass is 32.2. The highest BCUT2D eigenvalue weighted by Crippen LogP contribution is 2.30. The fraction of sp³-hybridized carbons (Fsp3) is 0.625. The molecule has 2 nitrogen and oxygen atoms in total. The van der Waals surface area contributed by atoms with Gasteiger partial charge in [-0.05, 0) is 69.3 Å². The van der Waals surface area contributed by atoms with Gasteiger partial charge in [-0.1, -0.05) is 13.0 Å². The molecule has 0 amide bonds. The van der Waals surface area contributed by atoms with E-state index in [0.717, 1.165) is 17.7 Å². The first kappa shape index (κ1) is 14.7. The predicted molar refractivity (Wildman–Crippen MR) is 82.0 cm³/mol. The summed E-state index contributed by atoms with van der Waals surface area (Å²) in [6.45, 7) is 6.46. The second-order valence-corrected chi connectivity index (χ2v) is 7.57. The van der Waals surface area contributed by atoms with E-state index >= 15 is 0 Å². The Balaban J connectivity index is 2.23. The van der Waals surface area contributed by atoms with Crippen molar-refractivity contribution in [1.29, 1.82) is 0 Å². The molecule has 0 bridgehead atoms. The molecule has 0 heterocycles. The van der Waals surface area contributed by atoms with E-state index in [0.29, 0.717) is 12.0 Å². The topological polar surface area (TPSA) is 29.1 Å². The van der Waals surface area contributed by atoms with Gasteiger partial charge in [0, 0.05) is 10.9 Å². The minimum Gasteiger partial charge on any atom is -0.316 e. The van der Waals surface area contributed by atoms with E-state index in [1.165, 1.54) is 17.5 Å². The third-order valence-corrected chi connectivity index (χ3v) is 6.20. The van der Waals surface area contributed by atoms with Crippen LogP contribution in [0.2, 0.25) is 0 Å². The summed E-state index contributed by atoms with van der Waals surface area (Å²) in [7, 11) is 1.09. The molecule has 4 unspecified atom stereocenters. The molecule has 0 spiro atoms. The van der Waals surface area contributed by atoms with Crippen molar-refractivity contribution in [3.05, 3.63) is 29.3 Å². The van der Waals surface area contributed by atoms with Gasteiger partial charge in [-0.15, -0.1) is 0 Å². The van der Waals surface area contributed by atoms with Crippen LogP contribution in [0.25, 0.3) is 0 Å². The second kappa shape index (κ2) is 6.19. The van der Waals surface area contributed by atoms with Crippen molar-refractivity contribution in [2.45, 2.75) is 56.2 Å². The Morgan fingerprint density at radius 3 is 2.58 bits per heavy atom. The number of hydrogen-bond acceptors (Lipinski definition) is 2. The summed E-state index contributed by atoms with van der Waals surface area (Å²) in [6.07, 6.45) is 3.44. The van der Waals surface area contributed by atoms with Crippen LogP contribution in [0.3, 0.4) is 0 Å². The normalized spacial score (nSPS) is 29.2. The van der Waals surface area contributed by atoms with Gasteiger partial charge < -0.3 is 5.32 Å². The number of hydrogen-bond donors (Lipinski definition) is 1. The molecule has 1 aliphatic rings. The molecule has 1 N–H and O–H groups in total. The standard InChI is InChI=1S/C16H25NOS/c1-11-5-8-15(17-4)16(9-11)19(18)14-7-6-12(2)13(3)10-14/h6-7,10-11,15-17H,5,8-9H2,1-4H3. The van der Waals surface area contributed by atoms with Crippen LogP contribution in [0.15, 0.2) is 23.1 Å². The molecule has 3 heteroatoms. The molecule has 0 saturated heterocycles. The van der Waals surface area contributed by atoms with E-state index in [-0.39, 0.29) is 5.25 Å². The summed E-state index contributed by atoms with van der Waals surface area (Å²) >= 11 is 0. The van der Waals surface area contributed by atoms with E-state index in [1.807, 2.05) is 13.1 Å². The molecule has 0 radical (unpaired) electrons. The van der Waals surface area contributed by atoms with E-state index in [1.54, 1.807) is 0 Å². The van der Waals surface area contributed by atoms with E-state index in [4.69, 9.17) is 0 Å². The van der Waals surface area contributed by atoms with Crippen molar-refractivity contribution in [3.63, 3.8) is 0 Å². The summed E-state index contributed by atoms with van der Waals surface area (Å²) in [6, 6.07) is 6.60.